The maximum Gasteiger partial charge on any atom is 0.326 e. The molecule has 1 aliphatic rings. The molecular weight excluding hydrogens is 316 g/mol. The van der Waals surface area contributed by atoms with Gasteiger partial charge in [-0.1, -0.05) is 0 Å². The van der Waals surface area contributed by atoms with Gasteiger partial charge in [0, 0.05) is 13.1 Å². The minimum atomic E-state index is -3.32. The molecule has 0 bridgehead atoms. The lowest BCUT2D eigenvalue weighted by Gasteiger charge is -2.30. The van der Waals surface area contributed by atoms with Gasteiger partial charge in [-0.15, -0.1) is 0 Å². The summed E-state index contributed by atoms with van der Waals surface area (Å²) in [5.74, 6) is -1.29. The quantitative estimate of drug-likeness (QED) is 0.676. The summed E-state index contributed by atoms with van der Waals surface area (Å²) in [6.45, 7) is 0.539. The number of piperidine rings is 1. The fraction of sp³-hybridized carbons (Fsp3) is 0.833. The van der Waals surface area contributed by atoms with Crippen LogP contribution in [-0.4, -0.2) is 67.1 Å². The number of carbonyl (C=O) groups excluding carboxylic acids is 1. The number of nitrogens with zero attached hydrogens (tertiary/aromatic N) is 1. The summed E-state index contributed by atoms with van der Waals surface area (Å²) in [5, 5.41) is 11.6. The average Bonchev–Trinajstić information content (AvgIpc) is 2.42. The van der Waals surface area contributed by atoms with Gasteiger partial charge in [-0.3, -0.25) is 4.79 Å². The van der Waals surface area contributed by atoms with Crippen LogP contribution in [0.4, 0.5) is 0 Å². The second-order valence-corrected chi connectivity index (χ2v) is 8.11. The maximum absolute atomic E-state index is 12.1. The van der Waals surface area contributed by atoms with E-state index in [1.165, 1.54) is 16.1 Å². The Labute approximate surface area is 129 Å². The number of rotatable bonds is 7. The highest BCUT2D eigenvalue weighted by Gasteiger charge is 2.32. The van der Waals surface area contributed by atoms with Gasteiger partial charge in [0.25, 0.3) is 0 Å². The number of carboxylic acids is 1. The van der Waals surface area contributed by atoms with Crippen LogP contribution in [0.15, 0.2) is 0 Å². The van der Waals surface area contributed by atoms with E-state index in [1.54, 1.807) is 0 Å². The number of amides is 1. The van der Waals surface area contributed by atoms with Crippen LogP contribution in [-0.2, 0) is 19.6 Å². The molecule has 1 saturated heterocycles. The van der Waals surface area contributed by atoms with Crippen molar-refractivity contribution >= 4 is 33.7 Å². The first-order valence-electron chi connectivity index (χ1n) is 6.73. The molecule has 0 saturated carbocycles. The van der Waals surface area contributed by atoms with Crippen molar-refractivity contribution in [1.29, 1.82) is 0 Å². The Morgan fingerprint density at radius 3 is 2.67 bits per heavy atom. The zero-order valence-corrected chi connectivity index (χ0v) is 13.9. The van der Waals surface area contributed by atoms with Gasteiger partial charge in [0.2, 0.25) is 15.9 Å². The van der Waals surface area contributed by atoms with Crippen molar-refractivity contribution in [2.45, 2.75) is 25.3 Å². The molecule has 1 fully saturated rings. The molecule has 1 heterocycles. The van der Waals surface area contributed by atoms with Crippen LogP contribution in [0, 0.1) is 5.92 Å². The first-order chi connectivity index (χ1) is 9.75. The highest BCUT2D eigenvalue weighted by molar-refractivity contribution is 7.98. The monoisotopic (exact) mass is 338 g/mol. The van der Waals surface area contributed by atoms with Crippen molar-refractivity contribution in [2.24, 2.45) is 5.92 Å². The van der Waals surface area contributed by atoms with Gasteiger partial charge in [-0.05, 0) is 31.3 Å². The molecule has 21 heavy (non-hydrogen) atoms. The van der Waals surface area contributed by atoms with Gasteiger partial charge >= 0.3 is 5.97 Å². The third-order valence-corrected chi connectivity index (χ3v) is 5.36. The van der Waals surface area contributed by atoms with Gasteiger partial charge in [0.05, 0.1) is 12.2 Å². The molecule has 0 spiro atoms. The lowest BCUT2D eigenvalue weighted by molar-refractivity contribution is -0.142. The fourth-order valence-corrected chi connectivity index (χ4v) is 3.62. The number of thioether (sulfide) groups is 1. The van der Waals surface area contributed by atoms with E-state index < -0.39 is 28.0 Å². The molecule has 122 valence electrons. The number of carboxylic acid groups (broad SMARTS) is 1. The van der Waals surface area contributed by atoms with Gasteiger partial charge in [0.15, 0.2) is 0 Å². The van der Waals surface area contributed by atoms with Crippen LogP contribution < -0.4 is 5.32 Å². The smallest absolute Gasteiger partial charge is 0.326 e. The van der Waals surface area contributed by atoms with Crippen molar-refractivity contribution < 1.29 is 23.1 Å². The molecule has 1 aliphatic heterocycles. The van der Waals surface area contributed by atoms with Crippen LogP contribution in [0.2, 0.25) is 0 Å². The zero-order chi connectivity index (χ0) is 16.0. The number of carbonyl (C=O) groups is 2. The minimum absolute atomic E-state index is 0.125. The highest BCUT2D eigenvalue weighted by Crippen LogP contribution is 2.19. The second kappa shape index (κ2) is 8.00. The van der Waals surface area contributed by atoms with E-state index in [0.29, 0.717) is 31.6 Å². The summed E-state index contributed by atoms with van der Waals surface area (Å²) in [5.41, 5.74) is 0. The first-order valence-corrected chi connectivity index (χ1v) is 9.97. The number of sulfonamides is 1. The van der Waals surface area contributed by atoms with Crippen molar-refractivity contribution in [3.05, 3.63) is 0 Å². The number of hydrogen-bond donors (Lipinski definition) is 2. The fourth-order valence-electron chi connectivity index (χ4n) is 2.24. The second-order valence-electron chi connectivity index (χ2n) is 5.14. The van der Waals surface area contributed by atoms with Gasteiger partial charge in [-0.25, -0.2) is 17.5 Å². The van der Waals surface area contributed by atoms with E-state index in [4.69, 9.17) is 5.11 Å². The predicted molar refractivity (Wildman–Crippen MR) is 81.7 cm³/mol. The molecule has 7 nitrogen and oxygen atoms in total. The summed E-state index contributed by atoms with van der Waals surface area (Å²) < 4.78 is 24.3. The molecule has 1 unspecified atom stereocenters. The Morgan fingerprint density at radius 2 is 2.14 bits per heavy atom. The molecule has 0 aromatic rings. The standard InChI is InChI=1S/C12H22N2O5S2/c1-20-7-5-10(12(16)17)13-11(15)9-4-3-6-14(8-9)21(2,18)19/h9-10H,3-8H2,1-2H3,(H,13,15)(H,16,17)/t9?,10-/m0/s1. The number of nitrogens with one attached hydrogen (secondary N) is 1. The van der Waals surface area contributed by atoms with Crippen LogP contribution >= 0.6 is 11.8 Å². The van der Waals surface area contributed by atoms with Gasteiger partial charge in [-0.2, -0.15) is 11.8 Å². The number of hydrogen-bond acceptors (Lipinski definition) is 5. The van der Waals surface area contributed by atoms with E-state index in [-0.39, 0.29) is 12.5 Å². The molecule has 0 aliphatic carbocycles. The molecule has 0 radical (unpaired) electrons. The topological polar surface area (TPSA) is 104 Å². The van der Waals surface area contributed by atoms with Crippen LogP contribution in [0.1, 0.15) is 19.3 Å². The van der Waals surface area contributed by atoms with Crippen LogP contribution in [0.3, 0.4) is 0 Å². The van der Waals surface area contributed by atoms with E-state index in [9.17, 15) is 18.0 Å². The molecular formula is C12H22N2O5S2. The first kappa shape index (κ1) is 18.2. The Kier molecular flexibility index (Phi) is 6.95. The molecule has 1 rings (SSSR count). The van der Waals surface area contributed by atoms with Gasteiger partial charge in [0.1, 0.15) is 6.04 Å². The van der Waals surface area contributed by atoms with E-state index in [1.807, 2.05) is 6.26 Å². The summed E-state index contributed by atoms with van der Waals surface area (Å²) >= 11 is 1.51. The largest absolute Gasteiger partial charge is 0.480 e. The Bertz CT molecular complexity index is 480. The molecule has 9 heteroatoms. The molecule has 1 amide bonds. The SMILES string of the molecule is CSCC[C@H](NC(=O)C1CCCN(S(C)(=O)=O)C1)C(=O)O. The maximum atomic E-state index is 12.1. The van der Waals surface area contributed by atoms with E-state index in [2.05, 4.69) is 5.32 Å². The molecule has 0 aromatic carbocycles. The average molecular weight is 338 g/mol. The molecule has 0 aromatic heterocycles. The van der Waals surface area contributed by atoms with E-state index in [0.717, 1.165) is 6.26 Å². The van der Waals surface area contributed by atoms with E-state index >= 15 is 0 Å². The zero-order valence-electron chi connectivity index (χ0n) is 12.2. The number of aliphatic carboxylic acids is 1. The third kappa shape index (κ3) is 5.84. The summed E-state index contributed by atoms with van der Waals surface area (Å²) in [4.78, 5) is 23.3. The summed E-state index contributed by atoms with van der Waals surface area (Å²) in [6, 6.07) is -0.918. The molecule has 2 atom stereocenters. The lowest BCUT2D eigenvalue weighted by Crippen LogP contribution is -2.49. The third-order valence-electron chi connectivity index (χ3n) is 3.45. The van der Waals surface area contributed by atoms with Crippen LogP contribution in [0.25, 0.3) is 0 Å². The van der Waals surface area contributed by atoms with Gasteiger partial charge < -0.3 is 10.4 Å². The Hall–Kier alpha value is -0.800. The highest BCUT2D eigenvalue weighted by atomic mass is 32.2. The predicted octanol–water partition coefficient (Wildman–Crippen LogP) is -0.0195. The van der Waals surface area contributed by atoms with Crippen molar-refractivity contribution in [2.75, 3.05) is 31.4 Å². The summed E-state index contributed by atoms with van der Waals surface area (Å²) in [7, 11) is -3.32. The summed E-state index contributed by atoms with van der Waals surface area (Å²) in [6.07, 6.45) is 4.52. The lowest BCUT2D eigenvalue weighted by atomic mass is 9.98. The Balaban J connectivity index is 2.63. The minimum Gasteiger partial charge on any atom is -0.480 e. The van der Waals surface area contributed by atoms with Crippen molar-refractivity contribution in [3.63, 3.8) is 0 Å². The molecule has 2 N–H and O–H groups in total. The Morgan fingerprint density at radius 1 is 1.48 bits per heavy atom. The van der Waals surface area contributed by atoms with Crippen LogP contribution in [0.5, 0.6) is 0 Å². The van der Waals surface area contributed by atoms with Crippen molar-refractivity contribution in [3.8, 4) is 0 Å². The normalized spacial score (nSPS) is 21.7. The van der Waals surface area contributed by atoms with Crippen molar-refractivity contribution in [1.82, 2.24) is 9.62 Å².